The van der Waals surface area contributed by atoms with Crippen LogP contribution in [0.5, 0.6) is 0 Å². The Labute approximate surface area is 77.2 Å². The fourth-order valence-electron chi connectivity index (χ4n) is 0.858. The summed E-state index contributed by atoms with van der Waals surface area (Å²) in [5.74, 6) is 0.782. The second kappa shape index (κ2) is 3.12. The van der Waals surface area contributed by atoms with Crippen molar-refractivity contribution < 1.29 is 0 Å². The van der Waals surface area contributed by atoms with Crippen LogP contribution in [0.1, 0.15) is 0 Å². The van der Waals surface area contributed by atoms with Gasteiger partial charge < -0.3 is 5.73 Å². The second-order valence-electron chi connectivity index (χ2n) is 2.28. The maximum Gasteiger partial charge on any atom is 0.462 e. The highest BCUT2D eigenvalue weighted by Gasteiger charge is 2.08. The molecular weight excluding hydrogens is 190 g/mol. The van der Waals surface area contributed by atoms with Crippen molar-refractivity contribution in [2.75, 3.05) is 5.73 Å². The zero-order valence-corrected chi connectivity index (χ0v) is 7.73. The Morgan fingerprint density at radius 3 is 2.58 bits per heavy atom. The molecule has 1 aromatic heterocycles. The van der Waals surface area contributed by atoms with Crippen LogP contribution in [0.15, 0.2) is 24.3 Å². The van der Waals surface area contributed by atoms with Crippen molar-refractivity contribution in [1.82, 2.24) is 8.75 Å². The van der Waals surface area contributed by atoms with Gasteiger partial charge in [-0.2, -0.15) is 0 Å². The molecule has 0 saturated heterocycles. The number of benzene rings is 1. The zero-order chi connectivity index (χ0) is 8.39. The number of hydrogen-bond donors (Lipinski definition) is 1. The Kier molecular flexibility index (Phi) is 1.97. The van der Waals surface area contributed by atoms with Crippen molar-refractivity contribution in [3.63, 3.8) is 0 Å². The van der Waals surface area contributed by atoms with Crippen LogP contribution >= 0.6 is 21.1 Å². The third-order valence-electron chi connectivity index (χ3n) is 1.45. The predicted octanol–water partition coefficient (Wildman–Crippen LogP) is 2.13. The first kappa shape index (κ1) is 7.57. The summed E-state index contributed by atoms with van der Waals surface area (Å²) in [6.45, 7) is 0. The van der Waals surface area contributed by atoms with E-state index < -0.39 is 0 Å². The van der Waals surface area contributed by atoms with E-state index in [9.17, 15) is 0 Å². The monoisotopic (exact) mass is 196 g/mol. The molecule has 0 radical (unpaired) electrons. The molecule has 0 bridgehead atoms. The topological polar surface area (TPSA) is 51.8 Å². The molecule has 0 unspecified atom stereocenters. The molecule has 2 N–H and O–H groups in total. The summed E-state index contributed by atoms with van der Waals surface area (Å²) in [6, 6.07) is 7.54. The van der Waals surface area contributed by atoms with Gasteiger partial charge in [0.25, 0.3) is 0 Å². The smallest absolute Gasteiger partial charge is 0.399 e. The number of hydrogen-bond acceptors (Lipinski definition) is 4. The van der Waals surface area contributed by atoms with Gasteiger partial charge >= 0.3 is 21.1 Å². The van der Waals surface area contributed by atoms with Crippen molar-refractivity contribution in [1.29, 1.82) is 0 Å². The summed E-state index contributed by atoms with van der Waals surface area (Å²) in [5.41, 5.74) is 7.32. The van der Waals surface area contributed by atoms with Crippen LogP contribution < -0.4 is 5.73 Å². The van der Waals surface area contributed by atoms with Crippen LogP contribution in [-0.2, 0) is 0 Å². The molecule has 60 valence electrons. The minimum absolute atomic E-state index is 0.762. The quantitative estimate of drug-likeness (QED) is 0.432. The van der Waals surface area contributed by atoms with E-state index in [1.54, 1.807) is 0 Å². The number of nitrogen functional groups attached to an aromatic ring is 1. The van der Waals surface area contributed by atoms with Gasteiger partial charge in [0.05, 0.1) is 4.37 Å². The lowest BCUT2D eigenvalue weighted by Gasteiger charge is -1.92. The van der Waals surface area contributed by atoms with Crippen molar-refractivity contribution in [2.24, 2.45) is 0 Å². The number of aromatic nitrogens is 2. The zero-order valence-electron chi connectivity index (χ0n) is 6.10. The SMILES string of the molecule is Nc1ccc(-c2ns[s+]n2)cc1. The normalized spacial score (nSPS) is 10.0. The Hall–Kier alpha value is -1.07. The summed E-state index contributed by atoms with van der Waals surface area (Å²) >= 11 is 0. The van der Waals surface area contributed by atoms with E-state index in [4.69, 9.17) is 5.73 Å². The van der Waals surface area contributed by atoms with Crippen LogP contribution in [0.2, 0.25) is 0 Å². The lowest BCUT2D eigenvalue weighted by Crippen LogP contribution is -1.84. The molecule has 2 aromatic rings. The van der Waals surface area contributed by atoms with Crippen molar-refractivity contribution >= 4 is 26.8 Å². The average molecular weight is 196 g/mol. The largest absolute Gasteiger partial charge is 0.462 e. The van der Waals surface area contributed by atoms with E-state index in [-0.39, 0.29) is 0 Å². The second-order valence-corrected chi connectivity index (χ2v) is 3.83. The number of rotatable bonds is 1. The Balaban J connectivity index is 2.43. The van der Waals surface area contributed by atoms with Gasteiger partial charge in [-0.3, -0.25) is 0 Å². The molecule has 0 spiro atoms. The molecule has 0 atom stereocenters. The highest BCUT2D eigenvalue weighted by atomic mass is 32.9. The van der Waals surface area contributed by atoms with E-state index in [2.05, 4.69) is 8.75 Å². The summed E-state index contributed by atoms with van der Waals surface area (Å²) in [7, 11) is 2.78. The van der Waals surface area contributed by atoms with Crippen molar-refractivity contribution in [3.05, 3.63) is 24.3 Å². The summed E-state index contributed by atoms with van der Waals surface area (Å²) in [4.78, 5) is 0. The molecule has 0 fully saturated rings. The number of anilines is 1. The molecule has 5 heteroatoms. The molecule has 0 saturated carbocycles. The molecule has 0 aliphatic carbocycles. The molecule has 0 aliphatic heterocycles. The number of nitrogens with two attached hydrogens (primary N) is 1. The third-order valence-corrected chi connectivity index (χ3v) is 2.66. The van der Waals surface area contributed by atoms with Crippen LogP contribution in [0.25, 0.3) is 11.4 Å². The Morgan fingerprint density at radius 2 is 2.00 bits per heavy atom. The van der Waals surface area contributed by atoms with Gasteiger partial charge in [0.15, 0.2) is 0 Å². The van der Waals surface area contributed by atoms with Crippen LogP contribution in [0.4, 0.5) is 5.69 Å². The minimum atomic E-state index is 0.762. The highest BCUT2D eigenvalue weighted by Crippen LogP contribution is 2.18. The lowest BCUT2D eigenvalue weighted by atomic mass is 10.2. The maximum absolute atomic E-state index is 5.54. The first-order valence-electron chi connectivity index (χ1n) is 3.34. The van der Waals surface area contributed by atoms with Gasteiger partial charge in [-0.25, -0.2) is 0 Å². The summed E-state index contributed by atoms with van der Waals surface area (Å²) in [6.07, 6.45) is 0. The summed E-state index contributed by atoms with van der Waals surface area (Å²) in [5, 5.41) is 0. The third kappa shape index (κ3) is 1.41. The average Bonchev–Trinajstić information content (AvgIpc) is 2.58. The van der Waals surface area contributed by atoms with E-state index in [0.717, 1.165) is 17.1 Å². The predicted molar refractivity (Wildman–Crippen MR) is 52.0 cm³/mol. The van der Waals surface area contributed by atoms with E-state index in [1.165, 1.54) is 21.1 Å². The fourth-order valence-corrected chi connectivity index (χ4v) is 2.03. The fraction of sp³-hybridized carbons (Fsp3) is 0. The van der Waals surface area contributed by atoms with Crippen LogP contribution in [0, 0.1) is 0 Å². The minimum Gasteiger partial charge on any atom is -0.399 e. The van der Waals surface area contributed by atoms with Gasteiger partial charge in [0.1, 0.15) is 0 Å². The van der Waals surface area contributed by atoms with Gasteiger partial charge in [-0.1, -0.05) is 0 Å². The Bertz CT molecular complexity index is 355. The maximum atomic E-state index is 5.54. The van der Waals surface area contributed by atoms with Gasteiger partial charge in [-0.15, -0.1) is 4.37 Å². The standard InChI is InChI=1S/C7H6N3S2/c8-6-3-1-5(2-4-6)7-9-11-12-10-7/h1-4H,8H2/q+1. The molecule has 0 aliphatic rings. The molecule has 12 heavy (non-hydrogen) atoms. The van der Waals surface area contributed by atoms with Gasteiger partial charge in [0.2, 0.25) is 5.82 Å². The van der Waals surface area contributed by atoms with Crippen molar-refractivity contribution in [2.45, 2.75) is 0 Å². The molecule has 2 rings (SSSR count). The van der Waals surface area contributed by atoms with Crippen LogP contribution in [-0.4, -0.2) is 8.75 Å². The molecular formula is C7H6N3S2+. The van der Waals surface area contributed by atoms with Gasteiger partial charge in [0, 0.05) is 11.3 Å². The summed E-state index contributed by atoms with van der Waals surface area (Å²) < 4.78 is 8.25. The lowest BCUT2D eigenvalue weighted by molar-refractivity contribution is 1.39. The molecule has 3 nitrogen and oxygen atoms in total. The first-order valence-corrected chi connectivity index (χ1v) is 5.40. The Morgan fingerprint density at radius 1 is 1.25 bits per heavy atom. The van der Waals surface area contributed by atoms with Crippen molar-refractivity contribution in [3.8, 4) is 11.4 Å². The van der Waals surface area contributed by atoms with E-state index in [1.807, 2.05) is 24.3 Å². The molecule has 1 heterocycles. The highest BCUT2D eigenvalue weighted by molar-refractivity contribution is 7.64. The van der Waals surface area contributed by atoms with Gasteiger partial charge in [-0.05, 0) is 24.3 Å². The first-order chi connectivity index (χ1) is 5.86. The molecule has 0 amide bonds. The number of nitrogens with zero attached hydrogens (tertiary/aromatic N) is 2. The van der Waals surface area contributed by atoms with Crippen LogP contribution in [0.3, 0.4) is 0 Å². The molecule has 1 aromatic carbocycles. The van der Waals surface area contributed by atoms with E-state index >= 15 is 0 Å². The van der Waals surface area contributed by atoms with E-state index in [0.29, 0.717) is 0 Å².